The van der Waals surface area contributed by atoms with E-state index in [1.165, 1.54) is 51.6 Å². The van der Waals surface area contributed by atoms with Crippen LogP contribution in [-0.4, -0.2) is 36.1 Å². The molecule has 0 aromatic carbocycles. The fraction of sp³-hybridized carbons (Fsp3) is 1.00. The Morgan fingerprint density at radius 1 is 1.18 bits per heavy atom. The van der Waals surface area contributed by atoms with Gasteiger partial charge in [0.2, 0.25) is 0 Å². The lowest BCUT2D eigenvalue weighted by Crippen LogP contribution is -2.39. The van der Waals surface area contributed by atoms with Crippen molar-refractivity contribution in [2.75, 3.05) is 13.1 Å². The molecule has 2 unspecified atom stereocenters. The lowest BCUT2D eigenvalue weighted by Gasteiger charge is -2.28. The van der Waals surface area contributed by atoms with Crippen molar-refractivity contribution in [1.29, 1.82) is 0 Å². The largest absolute Gasteiger partial charge is 0.310 e. The first kappa shape index (κ1) is 15.0. The summed E-state index contributed by atoms with van der Waals surface area (Å²) < 4.78 is 0. The van der Waals surface area contributed by atoms with E-state index in [2.05, 4.69) is 37.9 Å². The van der Waals surface area contributed by atoms with Crippen LogP contribution in [0.2, 0.25) is 0 Å². The zero-order valence-electron chi connectivity index (χ0n) is 12.3. The molecule has 0 bridgehead atoms. The number of nitrogens with zero attached hydrogens (tertiary/aromatic N) is 1. The molecule has 1 N–H and O–H groups in total. The highest BCUT2D eigenvalue weighted by molar-refractivity contribution is 4.86. The van der Waals surface area contributed by atoms with Crippen molar-refractivity contribution in [3.63, 3.8) is 0 Å². The Morgan fingerprint density at radius 3 is 2.53 bits per heavy atom. The minimum absolute atomic E-state index is 0.625. The average Bonchev–Trinajstić information content (AvgIpc) is 2.71. The van der Waals surface area contributed by atoms with Crippen LogP contribution in [0.1, 0.15) is 66.2 Å². The van der Waals surface area contributed by atoms with Crippen molar-refractivity contribution in [1.82, 2.24) is 10.2 Å². The first-order valence-electron chi connectivity index (χ1n) is 7.67. The molecule has 0 radical (unpaired) electrons. The van der Waals surface area contributed by atoms with E-state index in [4.69, 9.17) is 0 Å². The number of likely N-dealkylation sites (tertiary alicyclic amines) is 1. The number of rotatable bonds is 8. The van der Waals surface area contributed by atoms with Crippen LogP contribution in [-0.2, 0) is 0 Å². The van der Waals surface area contributed by atoms with E-state index in [9.17, 15) is 0 Å². The number of hydrogen-bond donors (Lipinski definition) is 1. The number of unbranched alkanes of at least 4 members (excludes halogenated alkanes) is 1. The van der Waals surface area contributed by atoms with Gasteiger partial charge in [0, 0.05) is 31.2 Å². The maximum atomic E-state index is 3.68. The third-order valence-electron chi connectivity index (χ3n) is 3.82. The second-order valence-electron chi connectivity index (χ2n) is 5.89. The Morgan fingerprint density at radius 2 is 1.94 bits per heavy atom. The second-order valence-corrected chi connectivity index (χ2v) is 5.89. The van der Waals surface area contributed by atoms with Gasteiger partial charge in [-0.15, -0.1) is 0 Å². The van der Waals surface area contributed by atoms with Gasteiger partial charge in [0.25, 0.3) is 0 Å². The molecule has 2 atom stereocenters. The molecule has 0 aromatic heterocycles. The van der Waals surface area contributed by atoms with Gasteiger partial charge in [-0.25, -0.2) is 0 Å². The molecule has 2 heteroatoms. The normalized spacial score (nSPS) is 23.5. The maximum absolute atomic E-state index is 3.68. The highest BCUT2D eigenvalue weighted by Gasteiger charge is 2.27. The van der Waals surface area contributed by atoms with Crippen molar-refractivity contribution >= 4 is 0 Å². The molecule has 1 saturated heterocycles. The minimum atomic E-state index is 0.625. The zero-order valence-corrected chi connectivity index (χ0v) is 12.3. The van der Waals surface area contributed by atoms with Crippen LogP contribution < -0.4 is 5.32 Å². The molecule has 2 nitrogen and oxygen atoms in total. The van der Waals surface area contributed by atoms with E-state index in [-0.39, 0.29) is 0 Å². The average molecular weight is 240 g/mol. The van der Waals surface area contributed by atoms with Crippen LogP contribution in [0.15, 0.2) is 0 Å². The molecular formula is C15H32N2. The minimum Gasteiger partial charge on any atom is -0.310 e. The molecule has 102 valence electrons. The van der Waals surface area contributed by atoms with Gasteiger partial charge in [-0.1, -0.05) is 47.0 Å². The summed E-state index contributed by atoms with van der Waals surface area (Å²) in [6.45, 7) is 11.7. The van der Waals surface area contributed by atoms with Crippen LogP contribution in [0.3, 0.4) is 0 Å². The predicted octanol–water partition coefficient (Wildman–Crippen LogP) is 3.42. The smallest absolute Gasteiger partial charge is 0.0209 e. The second kappa shape index (κ2) is 8.10. The molecule has 0 aliphatic carbocycles. The highest BCUT2D eigenvalue weighted by Crippen LogP contribution is 2.20. The number of hydrogen-bond acceptors (Lipinski definition) is 2. The van der Waals surface area contributed by atoms with Crippen LogP contribution in [0.4, 0.5) is 0 Å². The molecule has 1 rings (SSSR count). The van der Waals surface area contributed by atoms with E-state index < -0.39 is 0 Å². The van der Waals surface area contributed by atoms with Crippen LogP contribution in [0.25, 0.3) is 0 Å². The molecule has 0 saturated carbocycles. The summed E-state index contributed by atoms with van der Waals surface area (Å²) in [7, 11) is 0. The van der Waals surface area contributed by atoms with Gasteiger partial charge in [-0.3, -0.25) is 4.90 Å². The van der Waals surface area contributed by atoms with Gasteiger partial charge in [-0.05, 0) is 19.3 Å². The third kappa shape index (κ3) is 5.39. The molecule has 1 heterocycles. The molecule has 0 spiro atoms. The van der Waals surface area contributed by atoms with E-state index in [0.29, 0.717) is 6.04 Å². The molecular weight excluding hydrogens is 208 g/mol. The summed E-state index contributed by atoms with van der Waals surface area (Å²) in [4.78, 5) is 2.74. The Balaban J connectivity index is 2.36. The highest BCUT2D eigenvalue weighted by atomic mass is 15.2. The van der Waals surface area contributed by atoms with Crippen LogP contribution >= 0.6 is 0 Å². The fourth-order valence-electron chi connectivity index (χ4n) is 3.01. The fourth-order valence-corrected chi connectivity index (χ4v) is 3.01. The van der Waals surface area contributed by atoms with Gasteiger partial charge in [0.05, 0.1) is 0 Å². The van der Waals surface area contributed by atoms with Crippen molar-refractivity contribution in [3.05, 3.63) is 0 Å². The van der Waals surface area contributed by atoms with Crippen molar-refractivity contribution in [2.45, 2.75) is 84.3 Å². The third-order valence-corrected chi connectivity index (χ3v) is 3.82. The summed E-state index contributed by atoms with van der Waals surface area (Å²) in [6.07, 6.45) is 8.18. The predicted molar refractivity (Wildman–Crippen MR) is 76.5 cm³/mol. The van der Waals surface area contributed by atoms with Crippen molar-refractivity contribution < 1.29 is 0 Å². The first-order valence-corrected chi connectivity index (χ1v) is 7.67. The Labute approximate surface area is 108 Å². The number of nitrogens with one attached hydrogen (secondary N) is 1. The topological polar surface area (TPSA) is 15.3 Å². The zero-order chi connectivity index (χ0) is 12.7. The van der Waals surface area contributed by atoms with Crippen molar-refractivity contribution in [3.8, 4) is 0 Å². The molecule has 1 aliphatic heterocycles. The van der Waals surface area contributed by atoms with Gasteiger partial charge in [0.15, 0.2) is 0 Å². The van der Waals surface area contributed by atoms with Crippen LogP contribution in [0.5, 0.6) is 0 Å². The van der Waals surface area contributed by atoms with Crippen molar-refractivity contribution in [2.24, 2.45) is 0 Å². The van der Waals surface area contributed by atoms with Gasteiger partial charge >= 0.3 is 0 Å². The summed E-state index contributed by atoms with van der Waals surface area (Å²) in [5.41, 5.74) is 0. The SMILES string of the molecule is CCCCC(CCC)N1CCC(NC(C)C)C1. The molecule has 0 amide bonds. The maximum Gasteiger partial charge on any atom is 0.0209 e. The summed E-state index contributed by atoms with van der Waals surface area (Å²) in [5.74, 6) is 0. The monoisotopic (exact) mass is 240 g/mol. The lowest BCUT2D eigenvalue weighted by atomic mass is 10.0. The Hall–Kier alpha value is -0.0800. The van der Waals surface area contributed by atoms with E-state index in [0.717, 1.165) is 12.1 Å². The van der Waals surface area contributed by atoms with E-state index >= 15 is 0 Å². The first-order chi connectivity index (χ1) is 8.17. The van der Waals surface area contributed by atoms with E-state index in [1.54, 1.807) is 0 Å². The van der Waals surface area contributed by atoms with Gasteiger partial charge < -0.3 is 5.32 Å². The van der Waals surface area contributed by atoms with Gasteiger partial charge in [-0.2, -0.15) is 0 Å². The Bertz CT molecular complexity index is 191. The molecule has 0 aromatic rings. The molecule has 17 heavy (non-hydrogen) atoms. The lowest BCUT2D eigenvalue weighted by molar-refractivity contribution is 0.208. The standard InChI is InChI=1S/C15H32N2/c1-5-7-9-15(8-6-2)17-11-10-14(12-17)16-13(3)4/h13-16H,5-12H2,1-4H3. The van der Waals surface area contributed by atoms with E-state index in [1.807, 2.05) is 0 Å². The quantitative estimate of drug-likeness (QED) is 0.699. The summed E-state index contributed by atoms with van der Waals surface area (Å²) in [6, 6.07) is 2.20. The summed E-state index contributed by atoms with van der Waals surface area (Å²) in [5, 5.41) is 3.68. The summed E-state index contributed by atoms with van der Waals surface area (Å²) >= 11 is 0. The molecule has 1 fully saturated rings. The van der Waals surface area contributed by atoms with Crippen LogP contribution in [0, 0.1) is 0 Å². The Kier molecular flexibility index (Phi) is 7.14. The van der Waals surface area contributed by atoms with Gasteiger partial charge in [0.1, 0.15) is 0 Å². The molecule has 1 aliphatic rings.